The van der Waals surface area contributed by atoms with E-state index in [1.165, 1.54) is 48.5 Å². The number of aliphatic hydroxyl groups is 1. The van der Waals surface area contributed by atoms with Gasteiger partial charge in [0.15, 0.2) is 11.6 Å². The summed E-state index contributed by atoms with van der Waals surface area (Å²) in [6.07, 6.45) is 0. The van der Waals surface area contributed by atoms with Gasteiger partial charge in [0, 0.05) is 11.8 Å². The molecule has 3 aromatic carbocycles. The number of halogens is 3. The minimum atomic E-state index is -1.10. The first-order chi connectivity index (χ1) is 14.3. The van der Waals surface area contributed by atoms with Crippen LogP contribution in [0.25, 0.3) is 0 Å². The van der Waals surface area contributed by atoms with Gasteiger partial charge in [0.05, 0.1) is 27.8 Å². The van der Waals surface area contributed by atoms with E-state index in [1.807, 2.05) is 0 Å². The summed E-state index contributed by atoms with van der Waals surface area (Å²) < 4.78 is 19.8. The Morgan fingerprint density at radius 3 is 2.23 bits per heavy atom. The molecule has 6 nitrogen and oxygen atoms in total. The van der Waals surface area contributed by atoms with Crippen molar-refractivity contribution in [2.75, 3.05) is 5.32 Å². The molecule has 3 aromatic rings. The normalized spacial score (nSPS) is 10.5. The van der Waals surface area contributed by atoms with Gasteiger partial charge in [0.25, 0.3) is 5.91 Å². The molecule has 0 fully saturated rings. The number of amides is 1. The van der Waals surface area contributed by atoms with Crippen molar-refractivity contribution in [1.29, 1.82) is 0 Å². The van der Waals surface area contributed by atoms with Crippen LogP contribution in [0.3, 0.4) is 0 Å². The summed E-state index contributed by atoms with van der Waals surface area (Å²) in [4.78, 5) is 23.7. The molecule has 0 aliphatic heterocycles. The van der Waals surface area contributed by atoms with Crippen LogP contribution < -0.4 is 10.1 Å². The Hall–Kier alpha value is -3.13. The summed E-state index contributed by atoms with van der Waals surface area (Å²) >= 11 is 12.1. The number of aromatic carboxylic acids is 1. The van der Waals surface area contributed by atoms with Gasteiger partial charge in [-0.2, -0.15) is 0 Å². The van der Waals surface area contributed by atoms with Crippen molar-refractivity contribution in [1.82, 2.24) is 0 Å². The van der Waals surface area contributed by atoms with Crippen LogP contribution in [0.5, 0.6) is 11.5 Å². The van der Waals surface area contributed by atoms with E-state index >= 15 is 0 Å². The Balaban J connectivity index is 1.91. The second-order valence-corrected chi connectivity index (χ2v) is 6.94. The molecule has 9 heteroatoms. The van der Waals surface area contributed by atoms with Gasteiger partial charge in [0.2, 0.25) is 0 Å². The predicted octanol–water partition coefficient (Wildman–Crippen LogP) is 5.37. The van der Waals surface area contributed by atoms with Crippen molar-refractivity contribution in [3.63, 3.8) is 0 Å². The van der Waals surface area contributed by atoms with Gasteiger partial charge in [0.1, 0.15) is 5.75 Å². The third-order valence-electron chi connectivity index (χ3n) is 4.06. The number of carbonyl (C=O) groups is 2. The Kier molecular flexibility index (Phi) is 6.56. The molecule has 0 aliphatic rings. The van der Waals surface area contributed by atoms with Crippen LogP contribution in [0.15, 0.2) is 54.6 Å². The zero-order chi connectivity index (χ0) is 21.8. The smallest absolute Gasteiger partial charge is 0.335 e. The molecule has 0 radical (unpaired) electrons. The van der Waals surface area contributed by atoms with Crippen LogP contribution in [0.1, 0.15) is 26.3 Å². The fraction of sp³-hybridized carbons (Fsp3) is 0.0476. The topological polar surface area (TPSA) is 95.9 Å². The summed E-state index contributed by atoms with van der Waals surface area (Å²) in [6.45, 7) is -0.335. The van der Waals surface area contributed by atoms with E-state index in [2.05, 4.69) is 5.32 Å². The average molecular weight is 450 g/mol. The molecule has 0 heterocycles. The third kappa shape index (κ3) is 4.88. The standard InChI is InChI=1S/C21H14Cl2FNO5/c22-15-8-14(20(27)25-13-4-2-12(3-5-13)21(28)29)19(9-16(15)23)30-18-6-1-11(10-26)7-17(18)24/h1-9,26H,10H2,(H,25,27)(H,28,29). The Bertz CT molecular complexity index is 1120. The first kappa shape index (κ1) is 21.6. The molecule has 0 saturated heterocycles. The van der Waals surface area contributed by atoms with Crippen molar-refractivity contribution in [2.45, 2.75) is 6.61 Å². The number of hydrogen-bond acceptors (Lipinski definition) is 4. The highest BCUT2D eigenvalue weighted by atomic mass is 35.5. The molecule has 0 saturated carbocycles. The minimum Gasteiger partial charge on any atom is -0.478 e. The second kappa shape index (κ2) is 9.13. The molecule has 3 N–H and O–H groups in total. The molecule has 154 valence electrons. The zero-order valence-electron chi connectivity index (χ0n) is 15.2. The lowest BCUT2D eigenvalue weighted by atomic mass is 10.1. The number of anilines is 1. The molecular formula is C21H14Cl2FNO5. The quantitative estimate of drug-likeness (QED) is 0.470. The highest BCUT2D eigenvalue weighted by molar-refractivity contribution is 6.42. The van der Waals surface area contributed by atoms with Gasteiger partial charge in [-0.25, -0.2) is 9.18 Å². The summed E-state index contributed by atoms with van der Waals surface area (Å²) in [5.41, 5.74) is 0.739. The monoisotopic (exact) mass is 449 g/mol. The Morgan fingerprint density at radius 2 is 1.63 bits per heavy atom. The number of carbonyl (C=O) groups excluding carboxylic acids is 1. The predicted molar refractivity (Wildman–Crippen MR) is 110 cm³/mol. The SMILES string of the molecule is O=C(O)c1ccc(NC(=O)c2cc(Cl)c(Cl)cc2Oc2ccc(CO)cc2F)cc1. The van der Waals surface area contributed by atoms with Crippen molar-refractivity contribution in [2.24, 2.45) is 0 Å². The summed E-state index contributed by atoms with van der Waals surface area (Å²) in [5.74, 6) is -2.67. The number of ether oxygens (including phenoxy) is 1. The van der Waals surface area contributed by atoms with Crippen LogP contribution in [0.4, 0.5) is 10.1 Å². The van der Waals surface area contributed by atoms with Crippen LogP contribution in [0, 0.1) is 5.82 Å². The third-order valence-corrected chi connectivity index (χ3v) is 4.78. The summed E-state index contributed by atoms with van der Waals surface area (Å²) in [5, 5.41) is 20.8. The van der Waals surface area contributed by atoms with Gasteiger partial charge < -0.3 is 20.3 Å². The highest BCUT2D eigenvalue weighted by Gasteiger charge is 2.18. The fourth-order valence-electron chi connectivity index (χ4n) is 2.53. The maximum Gasteiger partial charge on any atom is 0.335 e. The van der Waals surface area contributed by atoms with E-state index in [0.717, 1.165) is 6.07 Å². The summed E-state index contributed by atoms with van der Waals surface area (Å²) in [6, 6.07) is 12.0. The van der Waals surface area contributed by atoms with Crippen molar-refractivity contribution in [3.05, 3.63) is 87.2 Å². The van der Waals surface area contributed by atoms with E-state index in [0.29, 0.717) is 11.3 Å². The lowest BCUT2D eigenvalue weighted by Gasteiger charge is -2.14. The van der Waals surface area contributed by atoms with Crippen molar-refractivity contribution in [3.8, 4) is 11.5 Å². The average Bonchev–Trinajstić information content (AvgIpc) is 2.72. The zero-order valence-corrected chi connectivity index (χ0v) is 16.7. The molecule has 0 unspecified atom stereocenters. The number of carboxylic acid groups (broad SMARTS) is 1. The molecule has 0 spiro atoms. The lowest BCUT2D eigenvalue weighted by molar-refractivity contribution is 0.0696. The molecule has 0 aromatic heterocycles. The second-order valence-electron chi connectivity index (χ2n) is 6.12. The van der Waals surface area contributed by atoms with E-state index in [9.17, 15) is 14.0 Å². The molecule has 0 bridgehead atoms. The van der Waals surface area contributed by atoms with Gasteiger partial charge in [-0.05, 0) is 48.0 Å². The first-order valence-electron chi connectivity index (χ1n) is 8.49. The molecule has 3 rings (SSSR count). The van der Waals surface area contributed by atoms with Gasteiger partial charge in [-0.3, -0.25) is 4.79 Å². The molecule has 1 amide bonds. The maximum atomic E-state index is 14.2. The fourth-order valence-corrected chi connectivity index (χ4v) is 2.85. The number of carboxylic acids is 1. The minimum absolute atomic E-state index is 0.0163. The number of benzene rings is 3. The van der Waals surface area contributed by atoms with Crippen molar-refractivity contribution < 1.29 is 28.9 Å². The van der Waals surface area contributed by atoms with E-state index in [4.69, 9.17) is 38.2 Å². The molecule has 0 atom stereocenters. The van der Waals surface area contributed by atoms with Gasteiger partial charge in [-0.15, -0.1) is 0 Å². The maximum absolute atomic E-state index is 14.2. The van der Waals surface area contributed by atoms with Gasteiger partial charge in [-0.1, -0.05) is 29.3 Å². The lowest BCUT2D eigenvalue weighted by Crippen LogP contribution is -2.13. The largest absolute Gasteiger partial charge is 0.478 e. The number of hydrogen-bond donors (Lipinski definition) is 3. The summed E-state index contributed by atoms with van der Waals surface area (Å²) in [7, 11) is 0. The van der Waals surface area contributed by atoms with Crippen LogP contribution in [-0.4, -0.2) is 22.1 Å². The Morgan fingerprint density at radius 1 is 0.967 bits per heavy atom. The van der Waals surface area contributed by atoms with E-state index in [-0.39, 0.29) is 39.3 Å². The number of aliphatic hydroxyl groups excluding tert-OH is 1. The van der Waals surface area contributed by atoms with Crippen LogP contribution in [0.2, 0.25) is 10.0 Å². The van der Waals surface area contributed by atoms with Crippen molar-refractivity contribution >= 4 is 40.8 Å². The van der Waals surface area contributed by atoms with E-state index in [1.54, 1.807) is 0 Å². The number of nitrogens with one attached hydrogen (secondary N) is 1. The molecule has 0 aliphatic carbocycles. The number of rotatable bonds is 6. The Labute approximate surface area is 180 Å². The first-order valence-corrected chi connectivity index (χ1v) is 9.25. The van der Waals surface area contributed by atoms with Crippen LogP contribution in [-0.2, 0) is 6.61 Å². The van der Waals surface area contributed by atoms with E-state index < -0.39 is 17.7 Å². The van der Waals surface area contributed by atoms with Gasteiger partial charge >= 0.3 is 5.97 Å². The van der Waals surface area contributed by atoms with Crippen LogP contribution >= 0.6 is 23.2 Å². The molecule has 30 heavy (non-hydrogen) atoms. The molecular weight excluding hydrogens is 436 g/mol. The highest BCUT2D eigenvalue weighted by Crippen LogP contribution is 2.35.